The Balaban J connectivity index is 1.44. The van der Waals surface area contributed by atoms with Crippen molar-refractivity contribution >= 4 is 0 Å². The van der Waals surface area contributed by atoms with Gasteiger partial charge in [-0.05, 0) is 91.0 Å². The lowest BCUT2D eigenvalue weighted by molar-refractivity contribution is 0.133. The van der Waals surface area contributed by atoms with Gasteiger partial charge >= 0.3 is 0 Å². The molecule has 0 N–H and O–H groups in total. The number of rotatable bonds is 3. The number of allylic oxidation sites excluding steroid dienone is 1. The van der Waals surface area contributed by atoms with Crippen molar-refractivity contribution in [2.45, 2.75) is 44.4 Å². The smallest absolute Gasteiger partial charge is 0.0991 e. The lowest BCUT2D eigenvalue weighted by Gasteiger charge is -2.41. The maximum Gasteiger partial charge on any atom is 0.0991 e. The average molecular weight is 341 g/mol. The molecule has 132 valence electrons. The molecule has 4 rings (SSSR count). The van der Waals surface area contributed by atoms with Crippen molar-refractivity contribution < 1.29 is 0 Å². The second-order valence-electron chi connectivity index (χ2n) is 8.15. The minimum absolute atomic E-state index is 0.716. The van der Waals surface area contributed by atoms with Crippen molar-refractivity contribution in [2.24, 2.45) is 17.8 Å². The molecule has 0 radical (unpaired) electrons. The Hall–Kier alpha value is -2.33. The van der Waals surface area contributed by atoms with Gasteiger partial charge < -0.3 is 0 Å². The summed E-state index contributed by atoms with van der Waals surface area (Å²) < 4.78 is 0. The van der Waals surface area contributed by atoms with Gasteiger partial charge in [-0.1, -0.05) is 42.5 Å². The number of hydrogen-bond donors (Lipinski definition) is 0. The molecule has 0 aromatic heterocycles. The van der Waals surface area contributed by atoms with Gasteiger partial charge in [-0.25, -0.2) is 0 Å². The Morgan fingerprint density at radius 3 is 2.08 bits per heavy atom. The highest BCUT2D eigenvalue weighted by Crippen LogP contribution is 2.47. The van der Waals surface area contributed by atoms with E-state index in [-0.39, 0.29) is 0 Å². The first-order valence-corrected chi connectivity index (χ1v) is 10.00. The second kappa shape index (κ2) is 7.50. The van der Waals surface area contributed by atoms with Crippen molar-refractivity contribution in [1.82, 2.24) is 0 Å². The van der Waals surface area contributed by atoms with Crippen LogP contribution in [-0.2, 0) is 0 Å². The largest absolute Gasteiger partial charge is 0.192 e. The van der Waals surface area contributed by atoms with Gasteiger partial charge in [0.25, 0.3) is 0 Å². The molecule has 0 amide bonds. The van der Waals surface area contributed by atoms with E-state index in [9.17, 15) is 0 Å². The number of nitriles is 1. The van der Waals surface area contributed by atoms with E-state index < -0.39 is 0 Å². The van der Waals surface area contributed by atoms with Crippen LogP contribution in [0.1, 0.15) is 55.6 Å². The second-order valence-corrected chi connectivity index (χ2v) is 8.15. The third-order valence-electron chi connectivity index (χ3n) is 6.72. The number of benzene rings is 2. The molecule has 0 heterocycles. The highest BCUT2D eigenvalue weighted by atomic mass is 14.4. The molecule has 0 bridgehead atoms. The summed E-state index contributed by atoms with van der Waals surface area (Å²) in [6.07, 6.45) is 10.4. The predicted molar refractivity (Wildman–Crippen MR) is 108 cm³/mol. The summed E-state index contributed by atoms with van der Waals surface area (Å²) in [6, 6.07) is 19.2. The van der Waals surface area contributed by atoms with Crippen LogP contribution in [0.15, 0.2) is 61.2 Å². The zero-order valence-corrected chi connectivity index (χ0v) is 15.4. The van der Waals surface area contributed by atoms with Crippen LogP contribution in [0.3, 0.4) is 0 Å². The van der Waals surface area contributed by atoms with Crippen molar-refractivity contribution in [1.29, 1.82) is 5.26 Å². The van der Waals surface area contributed by atoms with Crippen molar-refractivity contribution in [3.8, 4) is 17.2 Å². The molecule has 1 heteroatoms. The van der Waals surface area contributed by atoms with Gasteiger partial charge in [0.1, 0.15) is 0 Å². The monoisotopic (exact) mass is 341 g/mol. The summed E-state index contributed by atoms with van der Waals surface area (Å²) in [5, 5.41) is 8.94. The fourth-order valence-electron chi connectivity index (χ4n) is 5.13. The van der Waals surface area contributed by atoms with E-state index in [0.717, 1.165) is 23.7 Å². The van der Waals surface area contributed by atoms with Crippen LogP contribution in [0.4, 0.5) is 0 Å². The normalized spacial score (nSPS) is 28.0. The van der Waals surface area contributed by atoms with E-state index in [0.29, 0.717) is 5.56 Å². The molecular weight excluding hydrogens is 314 g/mol. The fraction of sp³-hybridized carbons (Fsp3) is 0.400. The molecule has 2 aliphatic carbocycles. The first-order chi connectivity index (χ1) is 12.8. The molecule has 2 aromatic carbocycles. The van der Waals surface area contributed by atoms with E-state index in [1.807, 2.05) is 24.3 Å². The summed E-state index contributed by atoms with van der Waals surface area (Å²) in [4.78, 5) is 0. The minimum Gasteiger partial charge on any atom is -0.192 e. The van der Waals surface area contributed by atoms with Gasteiger partial charge in [0.05, 0.1) is 11.6 Å². The van der Waals surface area contributed by atoms with E-state index >= 15 is 0 Å². The lowest BCUT2D eigenvalue weighted by atomic mass is 9.64. The lowest BCUT2D eigenvalue weighted by Crippen LogP contribution is -2.29. The molecule has 1 nitrogen and oxygen atoms in total. The molecular formula is C25H27N. The molecule has 2 saturated carbocycles. The maximum atomic E-state index is 8.94. The van der Waals surface area contributed by atoms with Gasteiger partial charge in [0.2, 0.25) is 0 Å². The number of nitrogens with zero attached hydrogens (tertiary/aromatic N) is 1. The zero-order valence-electron chi connectivity index (χ0n) is 15.4. The fourth-order valence-corrected chi connectivity index (χ4v) is 5.13. The SMILES string of the molecule is C=CC1CCC2CC(c3ccc(-c4ccc(C#N)cc4)cc3)CCC2C1. The standard InChI is InChI=1S/C25H27N/c1-2-18-3-8-25-16-24(14-13-23(25)15-18)22-11-9-21(10-12-22)20-6-4-19(17-26)5-7-20/h2,4-7,9-12,18,23-25H,1,3,8,13-16H2. The Labute approximate surface area is 157 Å². The summed E-state index contributed by atoms with van der Waals surface area (Å²) >= 11 is 0. The Morgan fingerprint density at radius 1 is 0.808 bits per heavy atom. The van der Waals surface area contributed by atoms with E-state index in [2.05, 4.69) is 43.0 Å². The summed E-state index contributed by atoms with van der Waals surface area (Å²) in [6.45, 7) is 4.01. The molecule has 2 aliphatic rings. The summed E-state index contributed by atoms with van der Waals surface area (Å²) in [7, 11) is 0. The van der Waals surface area contributed by atoms with Crippen LogP contribution >= 0.6 is 0 Å². The van der Waals surface area contributed by atoms with E-state index in [4.69, 9.17) is 5.26 Å². The maximum absolute atomic E-state index is 8.94. The molecule has 2 aromatic rings. The van der Waals surface area contributed by atoms with Crippen LogP contribution < -0.4 is 0 Å². The van der Waals surface area contributed by atoms with Gasteiger partial charge in [-0.3, -0.25) is 0 Å². The Bertz CT molecular complexity index is 794. The third kappa shape index (κ3) is 3.47. The van der Waals surface area contributed by atoms with Crippen molar-refractivity contribution in [2.75, 3.05) is 0 Å². The van der Waals surface area contributed by atoms with Gasteiger partial charge in [0.15, 0.2) is 0 Å². The first-order valence-electron chi connectivity index (χ1n) is 10.00. The number of hydrogen-bond acceptors (Lipinski definition) is 1. The van der Waals surface area contributed by atoms with Gasteiger partial charge in [-0.15, -0.1) is 6.58 Å². The molecule has 2 fully saturated rings. The summed E-state index contributed by atoms with van der Waals surface area (Å²) in [5.41, 5.74) is 4.64. The first kappa shape index (κ1) is 17.1. The molecule has 0 saturated heterocycles. The van der Waals surface area contributed by atoms with Crippen LogP contribution in [0.25, 0.3) is 11.1 Å². The van der Waals surface area contributed by atoms with Crippen LogP contribution in [-0.4, -0.2) is 0 Å². The van der Waals surface area contributed by atoms with Crippen molar-refractivity contribution in [3.05, 3.63) is 72.3 Å². The van der Waals surface area contributed by atoms with E-state index in [1.54, 1.807) is 0 Å². The topological polar surface area (TPSA) is 23.8 Å². The predicted octanol–water partition coefficient (Wildman–Crippen LogP) is 6.71. The Kier molecular flexibility index (Phi) is 4.93. The highest BCUT2D eigenvalue weighted by molar-refractivity contribution is 5.64. The molecule has 4 unspecified atom stereocenters. The van der Waals surface area contributed by atoms with Crippen molar-refractivity contribution in [3.63, 3.8) is 0 Å². The highest BCUT2D eigenvalue weighted by Gasteiger charge is 2.35. The molecule has 26 heavy (non-hydrogen) atoms. The summed E-state index contributed by atoms with van der Waals surface area (Å²) in [5.74, 6) is 3.34. The zero-order chi connectivity index (χ0) is 17.9. The van der Waals surface area contributed by atoms with E-state index in [1.165, 1.54) is 55.2 Å². The van der Waals surface area contributed by atoms with Gasteiger partial charge in [-0.2, -0.15) is 5.26 Å². The average Bonchev–Trinajstić information content (AvgIpc) is 2.73. The van der Waals surface area contributed by atoms with Crippen LogP contribution in [0.2, 0.25) is 0 Å². The quantitative estimate of drug-likeness (QED) is 0.569. The minimum atomic E-state index is 0.716. The van der Waals surface area contributed by atoms with Crippen LogP contribution in [0.5, 0.6) is 0 Å². The molecule has 0 aliphatic heterocycles. The molecule has 0 spiro atoms. The van der Waals surface area contributed by atoms with Crippen LogP contribution in [0, 0.1) is 29.1 Å². The number of fused-ring (bicyclic) bond motifs is 1. The Morgan fingerprint density at radius 2 is 1.42 bits per heavy atom. The van der Waals surface area contributed by atoms with Gasteiger partial charge in [0, 0.05) is 0 Å². The third-order valence-corrected chi connectivity index (χ3v) is 6.72. The molecule has 4 atom stereocenters.